The molecule has 0 spiro atoms. The Kier molecular flexibility index (Phi) is 7.90. The van der Waals surface area contributed by atoms with E-state index in [0.717, 1.165) is 10.5 Å². The molecule has 0 aliphatic rings. The van der Waals surface area contributed by atoms with Gasteiger partial charge < -0.3 is 14.8 Å². The summed E-state index contributed by atoms with van der Waals surface area (Å²) >= 11 is 1.58. The highest BCUT2D eigenvalue weighted by atomic mass is 32.2. The molecule has 1 amide bonds. The van der Waals surface area contributed by atoms with Crippen LogP contribution in [-0.4, -0.2) is 31.8 Å². The average Bonchev–Trinajstić information content (AvgIpc) is 2.82. The third kappa shape index (κ3) is 6.23. The van der Waals surface area contributed by atoms with Crippen LogP contribution >= 0.6 is 11.8 Å². The van der Waals surface area contributed by atoms with E-state index in [1.807, 2.05) is 79.1 Å². The molecule has 0 aliphatic carbocycles. The molecule has 0 aliphatic heterocycles. The van der Waals surface area contributed by atoms with Crippen LogP contribution in [0.25, 0.3) is 11.6 Å². The SMILES string of the molecule is COc1ccccc1/C=C(/C(=O)OCC(=O)Nc1cccc(SC)c1)c1ccccc1. The Balaban J connectivity index is 1.76. The quantitative estimate of drug-likeness (QED) is 0.231. The number of carbonyl (C=O) groups is 2. The fraction of sp³-hybridized carbons (Fsp3) is 0.120. The van der Waals surface area contributed by atoms with Crippen molar-refractivity contribution in [1.82, 2.24) is 0 Å². The Hall–Kier alpha value is -3.51. The minimum atomic E-state index is -0.592. The predicted molar refractivity (Wildman–Crippen MR) is 125 cm³/mol. The number of ether oxygens (including phenoxy) is 2. The topological polar surface area (TPSA) is 64.6 Å². The van der Waals surface area contributed by atoms with Crippen molar-refractivity contribution in [2.45, 2.75) is 4.90 Å². The van der Waals surface area contributed by atoms with Crippen LogP contribution in [0, 0.1) is 0 Å². The Labute approximate surface area is 186 Å². The molecular formula is C25H23NO4S. The first-order chi connectivity index (χ1) is 15.1. The first-order valence-corrected chi connectivity index (χ1v) is 10.8. The third-order valence-electron chi connectivity index (χ3n) is 4.43. The summed E-state index contributed by atoms with van der Waals surface area (Å²) in [6, 6.07) is 24.0. The first-order valence-electron chi connectivity index (χ1n) is 9.62. The smallest absolute Gasteiger partial charge is 0.339 e. The van der Waals surface area contributed by atoms with Crippen LogP contribution in [0.1, 0.15) is 11.1 Å². The number of nitrogens with one attached hydrogen (secondary N) is 1. The van der Waals surface area contributed by atoms with Gasteiger partial charge in [-0.05, 0) is 42.2 Å². The molecule has 0 aromatic heterocycles. The Bertz CT molecular complexity index is 1080. The molecular weight excluding hydrogens is 410 g/mol. The maximum Gasteiger partial charge on any atom is 0.339 e. The van der Waals surface area contributed by atoms with E-state index in [2.05, 4.69) is 5.32 Å². The zero-order valence-corrected chi connectivity index (χ0v) is 18.1. The van der Waals surface area contributed by atoms with Gasteiger partial charge in [0.1, 0.15) is 5.75 Å². The van der Waals surface area contributed by atoms with Crippen molar-refractivity contribution in [3.8, 4) is 5.75 Å². The normalized spacial score (nSPS) is 11.0. The zero-order valence-electron chi connectivity index (χ0n) is 17.3. The second-order valence-electron chi connectivity index (χ2n) is 6.52. The number of anilines is 1. The predicted octanol–water partition coefficient (Wildman–Crippen LogP) is 5.14. The fourth-order valence-corrected chi connectivity index (χ4v) is 3.39. The molecule has 3 aromatic carbocycles. The number of hydrogen-bond donors (Lipinski definition) is 1. The molecule has 6 heteroatoms. The van der Waals surface area contributed by atoms with Crippen LogP contribution in [-0.2, 0) is 14.3 Å². The lowest BCUT2D eigenvalue weighted by atomic mass is 10.0. The van der Waals surface area contributed by atoms with Crippen molar-refractivity contribution >= 4 is 41.0 Å². The Morgan fingerprint density at radius 2 is 1.71 bits per heavy atom. The average molecular weight is 434 g/mol. The van der Waals surface area contributed by atoms with Crippen molar-refractivity contribution in [3.63, 3.8) is 0 Å². The second-order valence-corrected chi connectivity index (χ2v) is 7.40. The lowest BCUT2D eigenvalue weighted by molar-refractivity contribution is -0.141. The summed E-state index contributed by atoms with van der Waals surface area (Å²) in [5, 5.41) is 2.75. The van der Waals surface area contributed by atoms with Gasteiger partial charge in [-0.3, -0.25) is 4.79 Å². The summed E-state index contributed by atoms with van der Waals surface area (Å²) in [6.45, 7) is -0.390. The van der Waals surface area contributed by atoms with Crippen LogP contribution in [0.15, 0.2) is 83.8 Å². The highest BCUT2D eigenvalue weighted by molar-refractivity contribution is 7.98. The van der Waals surface area contributed by atoms with Crippen LogP contribution < -0.4 is 10.1 Å². The van der Waals surface area contributed by atoms with Crippen LogP contribution in [0.3, 0.4) is 0 Å². The molecule has 0 atom stereocenters. The van der Waals surface area contributed by atoms with E-state index in [9.17, 15) is 9.59 Å². The van der Waals surface area contributed by atoms with Crippen LogP contribution in [0.4, 0.5) is 5.69 Å². The number of carbonyl (C=O) groups excluding carboxylic acids is 2. The zero-order chi connectivity index (χ0) is 22.1. The third-order valence-corrected chi connectivity index (χ3v) is 5.16. The standard InChI is InChI=1S/C25H23NO4S/c1-29-23-14-7-6-11-19(23)15-22(18-9-4-3-5-10-18)25(28)30-17-24(27)26-20-12-8-13-21(16-20)31-2/h3-16H,17H2,1-2H3,(H,26,27)/b22-15+. The van der Waals surface area contributed by atoms with E-state index in [-0.39, 0.29) is 0 Å². The summed E-state index contributed by atoms with van der Waals surface area (Å²) in [5.41, 5.74) is 2.41. The summed E-state index contributed by atoms with van der Waals surface area (Å²) in [7, 11) is 1.57. The maximum absolute atomic E-state index is 12.9. The van der Waals surface area contributed by atoms with Gasteiger partial charge in [0.2, 0.25) is 0 Å². The number of methoxy groups -OCH3 is 1. The molecule has 0 heterocycles. The number of rotatable bonds is 8. The van der Waals surface area contributed by atoms with E-state index in [4.69, 9.17) is 9.47 Å². The molecule has 0 unspecified atom stereocenters. The molecule has 0 fully saturated rings. The Morgan fingerprint density at radius 3 is 2.45 bits per heavy atom. The van der Waals surface area contributed by atoms with Gasteiger partial charge in [0, 0.05) is 16.1 Å². The van der Waals surface area contributed by atoms with Gasteiger partial charge in [-0.15, -0.1) is 11.8 Å². The van der Waals surface area contributed by atoms with Crippen molar-refractivity contribution in [3.05, 3.63) is 90.0 Å². The van der Waals surface area contributed by atoms with Gasteiger partial charge in [0.15, 0.2) is 6.61 Å². The molecule has 158 valence electrons. The summed E-state index contributed by atoms with van der Waals surface area (Å²) in [4.78, 5) is 26.2. The molecule has 0 radical (unpaired) electrons. The van der Waals surface area contributed by atoms with Crippen molar-refractivity contribution in [2.24, 2.45) is 0 Å². The second kappa shape index (κ2) is 11.0. The lowest BCUT2D eigenvalue weighted by Crippen LogP contribution is -2.21. The van der Waals surface area contributed by atoms with Crippen molar-refractivity contribution in [2.75, 3.05) is 25.3 Å². The number of amides is 1. The number of para-hydroxylation sites is 1. The maximum atomic E-state index is 12.9. The van der Waals surface area contributed by atoms with Gasteiger partial charge in [-0.25, -0.2) is 4.79 Å². The van der Waals surface area contributed by atoms with Crippen molar-refractivity contribution in [1.29, 1.82) is 0 Å². The van der Waals surface area contributed by atoms with Gasteiger partial charge in [-0.1, -0.05) is 54.6 Å². The van der Waals surface area contributed by atoms with E-state index in [1.165, 1.54) is 0 Å². The van der Waals surface area contributed by atoms with E-state index in [0.29, 0.717) is 22.6 Å². The van der Waals surface area contributed by atoms with E-state index in [1.54, 1.807) is 31.0 Å². The summed E-state index contributed by atoms with van der Waals surface area (Å²) < 4.78 is 10.7. The summed E-state index contributed by atoms with van der Waals surface area (Å²) in [6.07, 6.45) is 3.66. The molecule has 0 bridgehead atoms. The molecule has 3 aromatic rings. The highest BCUT2D eigenvalue weighted by Gasteiger charge is 2.16. The number of benzene rings is 3. The van der Waals surface area contributed by atoms with Gasteiger partial charge in [0.05, 0.1) is 12.7 Å². The van der Waals surface area contributed by atoms with E-state index < -0.39 is 18.5 Å². The lowest BCUT2D eigenvalue weighted by Gasteiger charge is -2.11. The molecule has 31 heavy (non-hydrogen) atoms. The first kappa shape index (κ1) is 22.2. The molecule has 0 saturated heterocycles. The van der Waals surface area contributed by atoms with Crippen LogP contribution in [0.5, 0.6) is 5.75 Å². The number of thioether (sulfide) groups is 1. The molecule has 3 rings (SSSR count). The minimum absolute atomic E-state index is 0.335. The highest BCUT2D eigenvalue weighted by Crippen LogP contribution is 2.25. The largest absolute Gasteiger partial charge is 0.496 e. The molecule has 1 N–H and O–H groups in total. The number of esters is 1. The monoisotopic (exact) mass is 433 g/mol. The fourth-order valence-electron chi connectivity index (χ4n) is 2.93. The number of hydrogen-bond acceptors (Lipinski definition) is 5. The van der Waals surface area contributed by atoms with Crippen molar-refractivity contribution < 1.29 is 19.1 Å². The van der Waals surface area contributed by atoms with Gasteiger partial charge in [-0.2, -0.15) is 0 Å². The Morgan fingerprint density at radius 1 is 0.968 bits per heavy atom. The summed E-state index contributed by atoms with van der Waals surface area (Å²) in [5.74, 6) is -0.364. The van der Waals surface area contributed by atoms with Gasteiger partial charge in [0.25, 0.3) is 5.91 Å². The minimum Gasteiger partial charge on any atom is -0.496 e. The van der Waals surface area contributed by atoms with Crippen LogP contribution in [0.2, 0.25) is 0 Å². The molecule has 0 saturated carbocycles. The van der Waals surface area contributed by atoms with E-state index >= 15 is 0 Å². The van der Waals surface area contributed by atoms with Gasteiger partial charge >= 0.3 is 5.97 Å². The molecule has 5 nitrogen and oxygen atoms in total.